The van der Waals surface area contributed by atoms with Gasteiger partial charge in [0.1, 0.15) is 0 Å². The van der Waals surface area contributed by atoms with Crippen molar-refractivity contribution in [3.8, 4) is 0 Å². The number of nitrogens with zero attached hydrogens (tertiary/aromatic N) is 3. The van der Waals surface area contributed by atoms with Gasteiger partial charge in [0.25, 0.3) is 0 Å². The van der Waals surface area contributed by atoms with E-state index >= 15 is 0 Å². The van der Waals surface area contributed by atoms with Crippen LogP contribution in [0.25, 0.3) is 0 Å². The first-order chi connectivity index (χ1) is 6.84. The SMILES string of the molecule is Clc1cnc(Sc2ccncc2)nc1. The number of aromatic nitrogens is 3. The number of hydrogen-bond acceptors (Lipinski definition) is 4. The minimum absolute atomic E-state index is 0.545. The van der Waals surface area contributed by atoms with E-state index in [0.717, 1.165) is 4.90 Å². The first kappa shape index (κ1) is 9.43. The summed E-state index contributed by atoms with van der Waals surface area (Å²) in [5, 5.41) is 1.23. The molecule has 0 aromatic carbocycles. The molecule has 0 aliphatic carbocycles. The standard InChI is InChI=1S/C9H6ClN3S/c10-7-5-12-9(13-6-7)14-8-1-3-11-4-2-8/h1-6H. The van der Waals surface area contributed by atoms with Gasteiger partial charge in [0, 0.05) is 17.3 Å². The van der Waals surface area contributed by atoms with E-state index in [1.54, 1.807) is 24.8 Å². The van der Waals surface area contributed by atoms with Crippen molar-refractivity contribution in [2.24, 2.45) is 0 Å². The normalized spacial score (nSPS) is 10.1. The lowest BCUT2D eigenvalue weighted by Gasteiger charge is -1.98. The molecule has 5 heteroatoms. The second kappa shape index (κ2) is 4.39. The maximum atomic E-state index is 5.67. The molecule has 2 aromatic heterocycles. The van der Waals surface area contributed by atoms with Crippen molar-refractivity contribution in [1.29, 1.82) is 0 Å². The predicted molar refractivity (Wildman–Crippen MR) is 55.4 cm³/mol. The van der Waals surface area contributed by atoms with Crippen LogP contribution in [0.15, 0.2) is 47.0 Å². The zero-order chi connectivity index (χ0) is 9.80. The number of halogens is 1. The summed E-state index contributed by atoms with van der Waals surface area (Å²) in [5.74, 6) is 0. The van der Waals surface area contributed by atoms with E-state index in [2.05, 4.69) is 15.0 Å². The van der Waals surface area contributed by atoms with Gasteiger partial charge in [0.05, 0.1) is 17.4 Å². The summed E-state index contributed by atoms with van der Waals surface area (Å²) < 4.78 is 0. The third-order valence-corrected chi connectivity index (χ3v) is 2.55. The topological polar surface area (TPSA) is 38.7 Å². The predicted octanol–water partition coefficient (Wildman–Crippen LogP) is 2.68. The van der Waals surface area contributed by atoms with Gasteiger partial charge in [-0.3, -0.25) is 4.98 Å². The Labute approximate surface area is 90.6 Å². The van der Waals surface area contributed by atoms with Crippen LogP contribution >= 0.6 is 23.4 Å². The number of hydrogen-bond donors (Lipinski definition) is 0. The third-order valence-electron chi connectivity index (χ3n) is 1.46. The Balaban J connectivity index is 2.16. The summed E-state index contributed by atoms with van der Waals surface area (Å²) in [6.45, 7) is 0. The summed E-state index contributed by atoms with van der Waals surface area (Å²) >= 11 is 7.15. The van der Waals surface area contributed by atoms with Gasteiger partial charge in [-0.05, 0) is 23.9 Å². The Morgan fingerprint density at radius 3 is 2.36 bits per heavy atom. The maximum Gasteiger partial charge on any atom is 0.192 e. The quantitative estimate of drug-likeness (QED) is 0.734. The average Bonchev–Trinajstić information content (AvgIpc) is 2.23. The molecular weight excluding hydrogens is 218 g/mol. The molecule has 0 saturated carbocycles. The molecule has 2 heterocycles. The van der Waals surface area contributed by atoms with Gasteiger partial charge in [-0.2, -0.15) is 0 Å². The summed E-state index contributed by atoms with van der Waals surface area (Å²) in [6, 6.07) is 3.81. The molecule has 2 rings (SSSR count). The van der Waals surface area contributed by atoms with Crippen molar-refractivity contribution < 1.29 is 0 Å². The zero-order valence-electron chi connectivity index (χ0n) is 7.09. The van der Waals surface area contributed by atoms with Crippen LogP contribution in [-0.4, -0.2) is 15.0 Å². The smallest absolute Gasteiger partial charge is 0.192 e. The highest BCUT2D eigenvalue weighted by molar-refractivity contribution is 7.99. The first-order valence-corrected chi connectivity index (χ1v) is 5.09. The highest BCUT2D eigenvalue weighted by Crippen LogP contribution is 2.23. The molecule has 14 heavy (non-hydrogen) atoms. The van der Waals surface area contributed by atoms with Crippen molar-refractivity contribution in [2.45, 2.75) is 10.1 Å². The molecule has 70 valence electrons. The average molecular weight is 224 g/mol. The molecule has 0 N–H and O–H groups in total. The van der Waals surface area contributed by atoms with E-state index in [4.69, 9.17) is 11.6 Å². The second-order valence-corrected chi connectivity index (χ2v) is 3.95. The van der Waals surface area contributed by atoms with Crippen LogP contribution in [-0.2, 0) is 0 Å². The monoisotopic (exact) mass is 223 g/mol. The molecule has 0 aliphatic rings. The first-order valence-electron chi connectivity index (χ1n) is 3.90. The lowest BCUT2D eigenvalue weighted by Crippen LogP contribution is -1.84. The highest BCUT2D eigenvalue weighted by atomic mass is 35.5. The molecule has 3 nitrogen and oxygen atoms in total. The van der Waals surface area contributed by atoms with E-state index in [9.17, 15) is 0 Å². The van der Waals surface area contributed by atoms with Gasteiger partial charge >= 0.3 is 0 Å². The van der Waals surface area contributed by atoms with Gasteiger partial charge < -0.3 is 0 Å². The van der Waals surface area contributed by atoms with Gasteiger partial charge in [-0.1, -0.05) is 11.6 Å². The fourth-order valence-corrected chi connectivity index (χ4v) is 1.64. The molecule has 0 atom stereocenters. The molecular formula is C9H6ClN3S. The Bertz CT molecular complexity index is 404. The summed E-state index contributed by atoms with van der Waals surface area (Å²) in [6.07, 6.45) is 6.63. The Kier molecular flexibility index (Phi) is 2.96. The molecule has 0 fully saturated rings. The largest absolute Gasteiger partial charge is 0.265 e. The van der Waals surface area contributed by atoms with E-state index < -0.39 is 0 Å². The molecule has 0 aliphatic heterocycles. The van der Waals surface area contributed by atoms with Crippen molar-refractivity contribution in [2.75, 3.05) is 0 Å². The van der Waals surface area contributed by atoms with Crippen LogP contribution in [0, 0.1) is 0 Å². The van der Waals surface area contributed by atoms with Gasteiger partial charge in [-0.15, -0.1) is 0 Å². The molecule has 0 saturated heterocycles. The van der Waals surface area contributed by atoms with Crippen molar-refractivity contribution in [3.63, 3.8) is 0 Å². The van der Waals surface area contributed by atoms with Crippen LogP contribution in [0.1, 0.15) is 0 Å². The van der Waals surface area contributed by atoms with Crippen LogP contribution in [0.2, 0.25) is 5.02 Å². The van der Waals surface area contributed by atoms with Crippen LogP contribution in [0.3, 0.4) is 0 Å². The zero-order valence-corrected chi connectivity index (χ0v) is 8.66. The lowest BCUT2D eigenvalue weighted by molar-refractivity contribution is 0.966. The fourth-order valence-electron chi connectivity index (χ4n) is 0.865. The molecule has 0 bridgehead atoms. The lowest BCUT2D eigenvalue weighted by atomic mass is 10.5. The fraction of sp³-hybridized carbons (Fsp3) is 0. The van der Waals surface area contributed by atoms with E-state index in [1.807, 2.05) is 12.1 Å². The maximum absolute atomic E-state index is 5.67. The second-order valence-electron chi connectivity index (χ2n) is 2.47. The highest BCUT2D eigenvalue weighted by Gasteiger charge is 1.98. The van der Waals surface area contributed by atoms with E-state index in [-0.39, 0.29) is 0 Å². The minimum Gasteiger partial charge on any atom is -0.265 e. The number of rotatable bonds is 2. The molecule has 0 radical (unpaired) electrons. The number of pyridine rings is 1. The summed E-state index contributed by atoms with van der Waals surface area (Å²) in [4.78, 5) is 13.1. The Hall–Kier alpha value is -1.13. The minimum atomic E-state index is 0.545. The van der Waals surface area contributed by atoms with Gasteiger partial charge in [0.15, 0.2) is 5.16 Å². The third kappa shape index (κ3) is 2.43. The Morgan fingerprint density at radius 2 is 1.71 bits per heavy atom. The van der Waals surface area contributed by atoms with E-state index in [0.29, 0.717) is 10.2 Å². The van der Waals surface area contributed by atoms with Gasteiger partial charge in [-0.25, -0.2) is 9.97 Å². The van der Waals surface area contributed by atoms with Crippen LogP contribution < -0.4 is 0 Å². The van der Waals surface area contributed by atoms with Gasteiger partial charge in [0.2, 0.25) is 0 Å². The van der Waals surface area contributed by atoms with Crippen molar-refractivity contribution in [1.82, 2.24) is 15.0 Å². The molecule has 0 spiro atoms. The Morgan fingerprint density at radius 1 is 1.07 bits per heavy atom. The molecule has 0 amide bonds. The van der Waals surface area contributed by atoms with Crippen LogP contribution in [0.5, 0.6) is 0 Å². The van der Waals surface area contributed by atoms with Crippen molar-refractivity contribution in [3.05, 3.63) is 41.9 Å². The van der Waals surface area contributed by atoms with Crippen molar-refractivity contribution >= 4 is 23.4 Å². The van der Waals surface area contributed by atoms with Crippen LogP contribution in [0.4, 0.5) is 0 Å². The summed E-state index contributed by atoms with van der Waals surface area (Å²) in [5.41, 5.74) is 0. The summed E-state index contributed by atoms with van der Waals surface area (Å²) in [7, 11) is 0. The molecule has 2 aromatic rings. The van der Waals surface area contributed by atoms with E-state index in [1.165, 1.54) is 11.8 Å². The molecule has 0 unspecified atom stereocenters.